The Hall–Kier alpha value is -1.07. The Kier molecular flexibility index (Phi) is 5.43. The van der Waals surface area contributed by atoms with E-state index in [1.54, 1.807) is 0 Å². The quantitative estimate of drug-likeness (QED) is 0.699. The van der Waals surface area contributed by atoms with E-state index in [-0.39, 0.29) is 0 Å². The van der Waals surface area contributed by atoms with E-state index in [0.29, 0.717) is 0 Å². The fourth-order valence-corrected chi connectivity index (χ4v) is 2.47. The van der Waals surface area contributed by atoms with Crippen LogP contribution >= 0.6 is 0 Å². The highest BCUT2D eigenvalue weighted by Crippen LogP contribution is 2.28. The third kappa shape index (κ3) is 3.96. The molecule has 5 heteroatoms. The summed E-state index contributed by atoms with van der Waals surface area (Å²) in [6.07, 6.45) is 2.70. The van der Waals surface area contributed by atoms with Gasteiger partial charge in [-0.3, -0.25) is 4.68 Å². The molecule has 20 heavy (non-hydrogen) atoms. The largest absolute Gasteiger partial charge is 0.379 e. The van der Waals surface area contributed by atoms with Gasteiger partial charge >= 0.3 is 0 Å². The van der Waals surface area contributed by atoms with E-state index in [1.807, 2.05) is 11.7 Å². The molecule has 114 valence electrons. The number of nitrogens with one attached hydrogen (secondary N) is 1. The number of ether oxygens (including phenoxy) is 1. The number of aryl methyl sites for hydroxylation is 2. The number of anilines is 1. The Morgan fingerprint density at radius 3 is 2.85 bits per heavy atom. The second-order valence-corrected chi connectivity index (χ2v) is 5.73. The molecule has 0 amide bonds. The van der Waals surface area contributed by atoms with E-state index in [0.717, 1.165) is 44.5 Å². The van der Waals surface area contributed by atoms with Gasteiger partial charge in [0.2, 0.25) is 0 Å². The number of rotatable bonds is 9. The average Bonchev–Trinajstić information content (AvgIpc) is 3.18. The lowest BCUT2D eigenvalue weighted by Gasteiger charge is -2.21. The summed E-state index contributed by atoms with van der Waals surface area (Å²) in [7, 11) is 4.13. The van der Waals surface area contributed by atoms with Crippen LogP contribution in [-0.4, -0.2) is 43.1 Å². The van der Waals surface area contributed by atoms with Gasteiger partial charge in [-0.15, -0.1) is 0 Å². The molecule has 1 aliphatic carbocycles. The molecule has 1 heterocycles. The molecule has 1 fully saturated rings. The zero-order valence-corrected chi connectivity index (χ0v) is 13.3. The van der Waals surface area contributed by atoms with E-state index < -0.39 is 0 Å². The van der Waals surface area contributed by atoms with Crippen molar-refractivity contribution >= 4 is 5.82 Å². The van der Waals surface area contributed by atoms with Crippen molar-refractivity contribution in [1.82, 2.24) is 15.1 Å². The van der Waals surface area contributed by atoms with Gasteiger partial charge in [0.15, 0.2) is 0 Å². The van der Waals surface area contributed by atoms with E-state index in [2.05, 4.69) is 36.2 Å². The molecule has 0 aliphatic heterocycles. The number of hydrogen-bond donors (Lipinski definition) is 1. The van der Waals surface area contributed by atoms with Gasteiger partial charge in [-0.1, -0.05) is 6.92 Å². The molecular formula is C15H28N4O. The fraction of sp³-hybridized carbons (Fsp3) is 0.800. The monoisotopic (exact) mass is 280 g/mol. The predicted octanol–water partition coefficient (Wildman–Crippen LogP) is 1.70. The normalized spacial score (nSPS) is 14.8. The molecule has 0 bridgehead atoms. The summed E-state index contributed by atoms with van der Waals surface area (Å²) in [4.78, 5) is 2.25. The smallest absolute Gasteiger partial charge is 0.131 e. The summed E-state index contributed by atoms with van der Waals surface area (Å²) in [6.45, 7) is 8.68. The highest BCUT2D eigenvalue weighted by molar-refractivity contribution is 5.49. The maximum Gasteiger partial charge on any atom is 0.131 e. The summed E-state index contributed by atoms with van der Waals surface area (Å²) in [5.41, 5.74) is 2.40. The molecule has 0 unspecified atom stereocenters. The maximum atomic E-state index is 5.73. The van der Waals surface area contributed by atoms with Crippen molar-refractivity contribution in [3.05, 3.63) is 11.3 Å². The third-order valence-electron chi connectivity index (χ3n) is 3.85. The van der Waals surface area contributed by atoms with Gasteiger partial charge in [0.05, 0.1) is 12.3 Å². The Labute approximate surface area is 122 Å². The van der Waals surface area contributed by atoms with Crippen LogP contribution in [0, 0.1) is 12.8 Å². The molecular weight excluding hydrogens is 252 g/mol. The van der Waals surface area contributed by atoms with Crippen molar-refractivity contribution in [1.29, 1.82) is 0 Å². The Balaban J connectivity index is 1.90. The molecule has 5 nitrogen and oxygen atoms in total. The molecule has 0 radical (unpaired) electrons. The molecule has 0 atom stereocenters. The van der Waals surface area contributed by atoms with Crippen molar-refractivity contribution in [2.75, 3.05) is 38.3 Å². The minimum atomic E-state index is 0.790. The van der Waals surface area contributed by atoms with Gasteiger partial charge in [0.1, 0.15) is 5.82 Å². The van der Waals surface area contributed by atoms with Gasteiger partial charge in [0, 0.05) is 39.4 Å². The molecule has 1 saturated carbocycles. The van der Waals surface area contributed by atoms with Crippen LogP contribution in [0.25, 0.3) is 0 Å². The van der Waals surface area contributed by atoms with E-state index in [1.165, 1.54) is 24.2 Å². The lowest BCUT2D eigenvalue weighted by molar-refractivity contribution is 0.130. The first-order valence-electron chi connectivity index (χ1n) is 7.65. The number of nitrogens with zero attached hydrogens (tertiary/aromatic N) is 3. The van der Waals surface area contributed by atoms with Gasteiger partial charge in [0.25, 0.3) is 0 Å². The Morgan fingerprint density at radius 2 is 2.20 bits per heavy atom. The standard InChI is InChI=1S/C15H28N4O/c1-5-16-10-14-12(2)17-19(4)15(14)18(3)8-9-20-11-13-6-7-13/h13,16H,5-11H2,1-4H3. The second-order valence-electron chi connectivity index (χ2n) is 5.73. The van der Waals surface area contributed by atoms with Crippen molar-refractivity contribution in [3.8, 4) is 0 Å². The van der Waals surface area contributed by atoms with Crippen LogP contribution in [0.15, 0.2) is 0 Å². The highest BCUT2D eigenvalue weighted by atomic mass is 16.5. The zero-order chi connectivity index (χ0) is 14.5. The second kappa shape index (κ2) is 7.09. The van der Waals surface area contributed by atoms with Crippen molar-refractivity contribution in [2.24, 2.45) is 13.0 Å². The first-order chi connectivity index (χ1) is 9.63. The minimum absolute atomic E-state index is 0.790. The number of likely N-dealkylation sites (N-methyl/N-ethyl adjacent to an activating group) is 1. The zero-order valence-electron chi connectivity index (χ0n) is 13.3. The Morgan fingerprint density at radius 1 is 1.45 bits per heavy atom. The lowest BCUT2D eigenvalue weighted by Crippen LogP contribution is -2.27. The highest BCUT2D eigenvalue weighted by Gasteiger charge is 2.21. The van der Waals surface area contributed by atoms with E-state index in [4.69, 9.17) is 4.74 Å². The van der Waals surface area contributed by atoms with Crippen molar-refractivity contribution in [3.63, 3.8) is 0 Å². The van der Waals surface area contributed by atoms with Gasteiger partial charge in [-0.05, 0) is 32.2 Å². The van der Waals surface area contributed by atoms with Crippen LogP contribution in [0.1, 0.15) is 31.0 Å². The summed E-state index contributed by atoms with van der Waals surface area (Å²) >= 11 is 0. The Bertz CT molecular complexity index is 426. The molecule has 1 aromatic heterocycles. The van der Waals surface area contributed by atoms with E-state index in [9.17, 15) is 0 Å². The van der Waals surface area contributed by atoms with Crippen LogP contribution in [0.4, 0.5) is 5.82 Å². The van der Waals surface area contributed by atoms with Crippen molar-refractivity contribution in [2.45, 2.75) is 33.2 Å². The van der Waals surface area contributed by atoms with Crippen LogP contribution < -0.4 is 10.2 Å². The number of hydrogen-bond acceptors (Lipinski definition) is 4. The molecule has 2 rings (SSSR count). The first kappa shape index (κ1) is 15.3. The van der Waals surface area contributed by atoms with Crippen LogP contribution in [0.5, 0.6) is 0 Å². The van der Waals surface area contributed by atoms with Crippen LogP contribution in [0.3, 0.4) is 0 Å². The predicted molar refractivity (Wildman–Crippen MR) is 82.1 cm³/mol. The van der Waals surface area contributed by atoms with Gasteiger partial charge in [-0.2, -0.15) is 5.10 Å². The molecule has 0 aromatic carbocycles. The molecule has 0 spiro atoms. The lowest BCUT2D eigenvalue weighted by atomic mass is 10.2. The van der Waals surface area contributed by atoms with Crippen LogP contribution in [-0.2, 0) is 18.3 Å². The molecule has 0 saturated heterocycles. The first-order valence-corrected chi connectivity index (χ1v) is 7.65. The van der Waals surface area contributed by atoms with Gasteiger partial charge in [-0.25, -0.2) is 0 Å². The van der Waals surface area contributed by atoms with Gasteiger partial charge < -0.3 is 15.0 Å². The molecule has 1 N–H and O–H groups in total. The summed E-state index contributed by atoms with van der Waals surface area (Å²) in [6, 6.07) is 0. The third-order valence-corrected chi connectivity index (χ3v) is 3.85. The van der Waals surface area contributed by atoms with E-state index >= 15 is 0 Å². The topological polar surface area (TPSA) is 42.3 Å². The summed E-state index contributed by atoms with van der Waals surface area (Å²) in [5, 5.41) is 7.94. The summed E-state index contributed by atoms with van der Waals surface area (Å²) in [5.74, 6) is 2.03. The van der Waals surface area contributed by atoms with Crippen molar-refractivity contribution < 1.29 is 4.74 Å². The number of aromatic nitrogens is 2. The van der Waals surface area contributed by atoms with Crippen LogP contribution in [0.2, 0.25) is 0 Å². The maximum absolute atomic E-state index is 5.73. The minimum Gasteiger partial charge on any atom is -0.379 e. The fourth-order valence-electron chi connectivity index (χ4n) is 2.47. The molecule has 1 aliphatic rings. The molecule has 1 aromatic rings. The average molecular weight is 280 g/mol. The SMILES string of the molecule is CCNCc1c(C)nn(C)c1N(C)CCOCC1CC1. The summed E-state index contributed by atoms with van der Waals surface area (Å²) < 4.78 is 7.71.